The number of ether oxygens (including phenoxy) is 1. The Balaban J connectivity index is 1.55. The van der Waals surface area contributed by atoms with Crippen molar-refractivity contribution >= 4 is 5.91 Å². The van der Waals surface area contributed by atoms with Crippen LogP contribution in [-0.4, -0.2) is 33.5 Å². The van der Waals surface area contributed by atoms with Gasteiger partial charge in [-0.15, -0.1) is 0 Å². The van der Waals surface area contributed by atoms with Crippen molar-refractivity contribution in [2.75, 3.05) is 6.54 Å². The van der Waals surface area contributed by atoms with E-state index in [1.165, 1.54) is 6.07 Å². The first kappa shape index (κ1) is 18.0. The van der Waals surface area contributed by atoms with Gasteiger partial charge < -0.3 is 10.1 Å². The topological polar surface area (TPSA) is 77.0 Å². The van der Waals surface area contributed by atoms with Crippen molar-refractivity contribution in [3.63, 3.8) is 0 Å². The normalized spacial score (nSPS) is 15.0. The molecule has 1 amide bonds. The molecule has 6 nitrogen and oxygen atoms in total. The first-order valence-electron chi connectivity index (χ1n) is 9.01. The molecule has 0 radical (unpaired) electrons. The van der Waals surface area contributed by atoms with Crippen LogP contribution in [0.4, 0.5) is 4.39 Å². The lowest BCUT2D eigenvalue weighted by atomic mass is 10.0. The van der Waals surface area contributed by atoms with Gasteiger partial charge in [-0.2, -0.15) is 0 Å². The maximum absolute atomic E-state index is 14.4. The highest BCUT2D eigenvalue weighted by Crippen LogP contribution is 2.40. The van der Waals surface area contributed by atoms with Gasteiger partial charge in [0, 0.05) is 29.9 Å². The zero-order valence-electron chi connectivity index (χ0n) is 15.6. The number of pyridine rings is 1. The summed E-state index contributed by atoms with van der Waals surface area (Å²) < 4.78 is 20.4. The Morgan fingerprint density at radius 2 is 2.11 bits per heavy atom. The van der Waals surface area contributed by atoms with Crippen LogP contribution >= 0.6 is 0 Å². The van der Waals surface area contributed by atoms with Crippen LogP contribution in [-0.2, 0) is 6.42 Å². The third-order valence-corrected chi connectivity index (χ3v) is 4.64. The summed E-state index contributed by atoms with van der Waals surface area (Å²) in [5.74, 6) is -0.142. The summed E-state index contributed by atoms with van der Waals surface area (Å²) in [7, 11) is 0. The zero-order valence-corrected chi connectivity index (χ0v) is 15.6. The van der Waals surface area contributed by atoms with Gasteiger partial charge >= 0.3 is 0 Å². The van der Waals surface area contributed by atoms with E-state index in [1.54, 1.807) is 36.7 Å². The largest absolute Gasteiger partial charge is 0.487 e. The molecule has 28 heavy (non-hydrogen) atoms. The third kappa shape index (κ3) is 3.43. The molecule has 0 saturated carbocycles. The van der Waals surface area contributed by atoms with Crippen molar-refractivity contribution in [2.45, 2.75) is 26.4 Å². The fraction of sp³-hybridized carbons (Fsp3) is 0.238. The summed E-state index contributed by atoms with van der Waals surface area (Å²) in [5.41, 5.74) is 3.73. The zero-order chi connectivity index (χ0) is 19.7. The van der Waals surface area contributed by atoms with E-state index in [9.17, 15) is 9.18 Å². The van der Waals surface area contributed by atoms with Gasteiger partial charge in [-0.3, -0.25) is 14.8 Å². The molecule has 0 bridgehead atoms. The van der Waals surface area contributed by atoms with Crippen LogP contribution in [0.5, 0.6) is 5.75 Å². The van der Waals surface area contributed by atoms with Crippen LogP contribution in [0.1, 0.15) is 27.4 Å². The molecular formula is C21H19FN4O2. The first-order chi connectivity index (χ1) is 13.5. The van der Waals surface area contributed by atoms with Gasteiger partial charge in [0.05, 0.1) is 23.6 Å². The number of nitrogens with zero attached hydrogens (tertiary/aromatic N) is 3. The Morgan fingerprint density at radius 3 is 2.89 bits per heavy atom. The number of benzene rings is 1. The highest BCUT2D eigenvalue weighted by Gasteiger charge is 2.30. The Morgan fingerprint density at radius 1 is 1.25 bits per heavy atom. The van der Waals surface area contributed by atoms with Crippen molar-refractivity contribution < 1.29 is 13.9 Å². The molecule has 0 fully saturated rings. The van der Waals surface area contributed by atoms with E-state index in [1.807, 2.05) is 13.8 Å². The number of aromatic nitrogens is 3. The van der Waals surface area contributed by atoms with E-state index in [0.717, 1.165) is 11.4 Å². The second-order valence-corrected chi connectivity index (χ2v) is 6.72. The third-order valence-electron chi connectivity index (χ3n) is 4.64. The van der Waals surface area contributed by atoms with Crippen LogP contribution in [0.2, 0.25) is 0 Å². The lowest BCUT2D eigenvalue weighted by Gasteiger charge is -2.14. The van der Waals surface area contributed by atoms with Crippen LogP contribution in [0.3, 0.4) is 0 Å². The first-order valence-corrected chi connectivity index (χ1v) is 9.01. The summed E-state index contributed by atoms with van der Waals surface area (Å²) >= 11 is 0. The maximum atomic E-state index is 14.4. The van der Waals surface area contributed by atoms with E-state index in [4.69, 9.17) is 4.74 Å². The number of carbonyl (C=O) groups is 1. The van der Waals surface area contributed by atoms with Gasteiger partial charge in [0.15, 0.2) is 0 Å². The molecule has 1 unspecified atom stereocenters. The molecule has 3 heterocycles. The number of halogens is 1. The lowest BCUT2D eigenvalue weighted by Crippen LogP contribution is -2.34. The van der Waals surface area contributed by atoms with Crippen LogP contribution < -0.4 is 10.1 Å². The average molecular weight is 378 g/mol. The summed E-state index contributed by atoms with van der Waals surface area (Å²) in [6.45, 7) is 3.97. The van der Waals surface area contributed by atoms with Gasteiger partial charge in [0.25, 0.3) is 5.91 Å². The number of fused-ring (bicyclic) bond motifs is 1. The Kier molecular flexibility index (Phi) is 4.73. The summed E-state index contributed by atoms with van der Waals surface area (Å²) in [5, 5.41) is 2.80. The number of hydrogen-bond donors (Lipinski definition) is 1. The minimum atomic E-state index is -0.364. The van der Waals surface area contributed by atoms with E-state index in [2.05, 4.69) is 20.3 Å². The highest BCUT2D eigenvalue weighted by molar-refractivity contribution is 5.92. The molecule has 0 aliphatic carbocycles. The SMILES string of the molecule is Cc1cnc(C)c(-c2ccc(F)c3c2OC(CNC(=O)c2ccccn2)C3)n1. The predicted molar refractivity (Wildman–Crippen MR) is 102 cm³/mol. The van der Waals surface area contributed by atoms with E-state index in [-0.39, 0.29) is 24.4 Å². The minimum Gasteiger partial charge on any atom is -0.487 e. The van der Waals surface area contributed by atoms with Crippen molar-refractivity contribution in [1.82, 2.24) is 20.3 Å². The number of nitrogens with one attached hydrogen (secondary N) is 1. The van der Waals surface area contributed by atoms with Crippen molar-refractivity contribution in [1.29, 1.82) is 0 Å². The van der Waals surface area contributed by atoms with E-state index < -0.39 is 0 Å². The molecule has 142 valence electrons. The molecule has 1 aliphatic heterocycles. The molecule has 4 rings (SSSR count). The van der Waals surface area contributed by atoms with Crippen molar-refractivity contribution in [3.05, 3.63) is 71.2 Å². The molecule has 1 aromatic carbocycles. The van der Waals surface area contributed by atoms with Gasteiger partial charge in [-0.25, -0.2) is 9.37 Å². The van der Waals surface area contributed by atoms with Gasteiger partial charge in [-0.1, -0.05) is 6.07 Å². The van der Waals surface area contributed by atoms with Crippen LogP contribution in [0.25, 0.3) is 11.3 Å². The smallest absolute Gasteiger partial charge is 0.270 e. The summed E-state index contributed by atoms with van der Waals surface area (Å²) in [6.07, 6.45) is 3.26. The lowest BCUT2D eigenvalue weighted by molar-refractivity contribution is 0.0928. The monoisotopic (exact) mass is 378 g/mol. The maximum Gasteiger partial charge on any atom is 0.270 e. The van der Waals surface area contributed by atoms with Gasteiger partial charge in [0.2, 0.25) is 0 Å². The predicted octanol–water partition coefficient (Wildman–Crippen LogP) is 3.03. The van der Waals surface area contributed by atoms with Crippen LogP contribution in [0.15, 0.2) is 42.7 Å². The van der Waals surface area contributed by atoms with E-state index in [0.29, 0.717) is 34.7 Å². The standard InChI is InChI=1S/C21H19FN4O2/c1-12-10-24-13(2)19(26-12)15-6-7-17(22)16-9-14(28-20(15)16)11-25-21(27)18-5-3-4-8-23-18/h3-8,10,14H,9,11H2,1-2H3,(H,25,27). The van der Waals surface area contributed by atoms with Crippen LogP contribution in [0, 0.1) is 19.7 Å². The number of rotatable bonds is 4. The molecule has 1 atom stereocenters. The minimum absolute atomic E-state index is 0.251. The molecule has 0 spiro atoms. The summed E-state index contributed by atoms with van der Waals surface area (Å²) in [4.78, 5) is 25.1. The molecule has 1 N–H and O–H groups in total. The molecule has 2 aromatic heterocycles. The molecule has 7 heteroatoms. The Labute approximate surface area is 161 Å². The second-order valence-electron chi connectivity index (χ2n) is 6.72. The molecule has 1 aliphatic rings. The molecular weight excluding hydrogens is 359 g/mol. The van der Waals surface area contributed by atoms with Gasteiger partial charge in [0.1, 0.15) is 23.4 Å². The number of aryl methyl sites for hydroxylation is 2. The summed E-state index contributed by atoms with van der Waals surface area (Å²) in [6, 6.07) is 8.22. The number of carbonyl (C=O) groups excluding carboxylic acids is 1. The van der Waals surface area contributed by atoms with Crippen molar-refractivity contribution in [3.8, 4) is 17.0 Å². The quantitative estimate of drug-likeness (QED) is 0.755. The molecule has 0 saturated heterocycles. The molecule has 3 aromatic rings. The second kappa shape index (κ2) is 7.34. The number of amides is 1. The van der Waals surface area contributed by atoms with Gasteiger partial charge in [-0.05, 0) is 38.1 Å². The Bertz CT molecular complexity index is 1040. The fourth-order valence-electron chi connectivity index (χ4n) is 3.25. The van der Waals surface area contributed by atoms with E-state index >= 15 is 0 Å². The van der Waals surface area contributed by atoms with Crippen molar-refractivity contribution in [2.24, 2.45) is 0 Å². The highest BCUT2D eigenvalue weighted by atomic mass is 19.1. The Hall–Kier alpha value is -3.35. The average Bonchev–Trinajstić information content (AvgIpc) is 3.14. The number of hydrogen-bond acceptors (Lipinski definition) is 5. The fourth-order valence-corrected chi connectivity index (χ4v) is 3.25.